The van der Waals surface area contributed by atoms with E-state index in [1.165, 1.54) is 0 Å². The van der Waals surface area contributed by atoms with Crippen LogP contribution in [0.4, 0.5) is 0 Å². The molecule has 0 aliphatic carbocycles. The summed E-state index contributed by atoms with van der Waals surface area (Å²) < 4.78 is 25.3. The number of carboxylic acid groups (broad SMARTS) is 1. The largest absolute Gasteiger partial charge is 0.481 e. The van der Waals surface area contributed by atoms with Crippen LogP contribution in [-0.2, 0) is 14.8 Å². The average Bonchev–Trinajstić information content (AvgIpc) is 2.14. The van der Waals surface area contributed by atoms with Crippen molar-refractivity contribution in [3.63, 3.8) is 0 Å². The molecule has 0 amide bonds. The van der Waals surface area contributed by atoms with Crippen LogP contribution in [-0.4, -0.2) is 43.0 Å². The summed E-state index contributed by atoms with van der Waals surface area (Å²) in [5.74, 6) is -1.39. The molecule has 0 saturated carbocycles. The molecule has 6 nitrogen and oxygen atoms in total. The first-order valence-electron chi connectivity index (χ1n) is 5.11. The lowest BCUT2D eigenvalue weighted by molar-refractivity contribution is -0.137. The van der Waals surface area contributed by atoms with Gasteiger partial charge in [-0.25, -0.2) is 13.1 Å². The van der Waals surface area contributed by atoms with Crippen LogP contribution in [0.2, 0.25) is 0 Å². The van der Waals surface area contributed by atoms with E-state index in [0.29, 0.717) is 0 Å². The van der Waals surface area contributed by atoms with Crippen molar-refractivity contribution >= 4 is 16.0 Å². The molecule has 16 heavy (non-hydrogen) atoms. The van der Waals surface area contributed by atoms with Crippen LogP contribution < -0.4 is 4.72 Å². The summed E-state index contributed by atoms with van der Waals surface area (Å²) in [6.45, 7) is 3.29. The van der Waals surface area contributed by atoms with Gasteiger partial charge in [0.25, 0.3) is 0 Å². The van der Waals surface area contributed by atoms with E-state index in [4.69, 9.17) is 10.2 Å². The van der Waals surface area contributed by atoms with E-state index in [0.717, 1.165) is 0 Å². The summed E-state index contributed by atoms with van der Waals surface area (Å²) in [6.07, 6.45) is -0.0737. The Balaban J connectivity index is 4.09. The number of aliphatic carboxylic acids is 1. The van der Waals surface area contributed by atoms with Gasteiger partial charge in [-0.1, -0.05) is 6.92 Å². The van der Waals surface area contributed by atoms with Gasteiger partial charge in [-0.15, -0.1) is 0 Å². The zero-order chi connectivity index (χ0) is 12.8. The monoisotopic (exact) mass is 253 g/mol. The fraction of sp³-hybridized carbons (Fsp3) is 0.889. The first-order chi connectivity index (χ1) is 7.28. The minimum Gasteiger partial charge on any atom is -0.481 e. The van der Waals surface area contributed by atoms with Gasteiger partial charge in [0.2, 0.25) is 10.0 Å². The van der Waals surface area contributed by atoms with Crippen molar-refractivity contribution in [2.45, 2.75) is 32.7 Å². The summed E-state index contributed by atoms with van der Waals surface area (Å²) in [4.78, 5) is 10.2. The molecule has 2 atom stereocenters. The molecule has 0 heterocycles. The average molecular weight is 253 g/mol. The predicted octanol–water partition coefficient (Wildman–Crippen LogP) is -0.212. The van der Waals surface area contributed by atoms with Gasteiger partial charge < -0.3 is 10.2 Å². The third-order valence-electron chi connectivity index (χ3n) is 2.31. The van der Waals surface area contributed by atoms with E-state index in [9.17, 15) is 13.2 Å². The third kappa shape index (κ3) is 6.76. The molecule has 0 aliphatic heterocycles. The van der Waals surface area contributed by atoms with Crippen molar-refractivity contribution in [2.75, 3.05) is 12.4 Å². The number of aliphatic hydroxyl groups is 1. The smallest absolute Gasteiger partial charge is 0.303 e. The summed E-state index contributed by atoms with van der Waals surface area (Å²) >= 11 is 0. The van der Waals surface area contributed by atoms with E-state index < -0.39 is 16.0 Å². The SMILES string of the molecule is CC(CO)C(C)NS(=O)(=O)CCCC(=O)O. The van der Waals surface area contributed by atoms with Crippen molar-refractivity contribution in [3.8, 4) is 0 Å². The standard InChI is InChI=1S/C9H19NO5S/c1-7(6-11)8(2)10-16(14,15)5-3-4-9(12)13/h7-8,10-11H,3-6H2,1-2H3,(H,12,13). The Morgan fingerprint density at radius 1 is 1.38 bits per heavy atom. The van der Waals surface area contributed by atoms with Gasteiger partial charge in [-0.2, -0.15) is 0 Å². The number of hydrogen-bond acceptors (Lipinski definition) is 4. The second-order valence-corrected chi connectivity index (χ2v) is 5.76. The van der Waals surface area contributed by atoms with Crippen molar-refractivity contribution in [3.05, 3.63) is 0 Å². The highest BCUT2D eigenvalue weighted by atomic mass is 32.2. The summed E-state index contributed by atoms with van der Waals surface area (Å²) in [5.41, 5.74) is 0. The molecule has 7 heteroatoms. The Labute approximate surface area is 95.7 Å². The van der Waals surface area contributed by atoms with E-state index in [2.05, 4.69) is 4.72 Å². The normalized spacial score (nSPS) is 15.7. The zero-order valence-corrected chi connectivity index (χ0v) is 10.3. The van der Waals surface area contributed by atoms with Gasteiger partial charge in [0.15, 0.2) is 0 Å². The number of carbonyl (C=O) groups is 1. The minimum atomic E-state index is -3.46. The lowest BCUT2D eigenvalue weighted by atomic mass is 10.1. The van der Waals surface area contributed by atoms with Crippen LogP contribution in [0.25, 0.3) is 0 Å². The van der Waals surface area contributed by atoms with Gasteiger partial charge in [-0.05, 0) is 19.3 Å². The maximum absolute atomic E-state index is 11.5. The maximum Gasteiger partial charge on any atom is 0.303 e. The van der Waals surface area contributed by atoms with E-state index in [-0.39, 0.29) is 37.2 Å². The molecule has 0 rings (SSSR count). The highest BCUT2D eigenvalue weighted by molar-refractivity contribution is 7.89. The molecule has 0 radical (unpaired) electrons. The third-order valence-corrected chi connectivity index (χ3v) is 3.87. The number of rotatable bonds is 8. The number of carboxylic acids is 1. The fourth-order valence-corrected chi connectivity index (χ4v) is 2.47. The molecule has 0 aromatic heterocycles. The van der Waals surface area contributed by atoms with Crippen LogP contribution in [0.3, 0.4) is 0 Å². The molecule has 0 spiro atoms. The molecular formula is C9H19NO5S. The van der Waals surface area contributed by atoms with Gasteiger partial charge in [0.1, 0.15) is 0 Å². The van der Waals surface area contributed by atoms with Gasteiger partial charge in [-0.3, -0.25) is 4.79 Å². The molecule has 3 N–H and O–H groups in total. The van der Waals surface area contributed by atoms with E-state index in [1.807, 2.05) is 0 Å². The topological polar surface area (TPSA) is 104 Å². The van der Waals surface area contributed by atoms with Crippen molar-refractivity contribution in [1.29, 1.82) is 0 Å². The predicted molar refractivity (Wildman–Crippen MR) is 59.5 cm³/mol. The summed E-state index contributed by atoms with van der Waals surface area (Å²) in [5, 5.41) is 17.2. The molecule has 0 aromatic carbocycles. The Morgan fingerprint density at radius 3 is 2.38 bits per heavy atom. The van der Waals surface area contributed by atoms with Crippen LogP contribution >= 0.6 is 0 Å². The first kappa shape index (κ1) is 15.3. The second kappa shape index (κ2) is 6.82. The lowest BCUT2D eigenvalue weighted by Crippen LogP contribution is -2.39. The van der Waals surface area contributed by atoms with Crippen LogP contribution in [0.1, 0.15) is 26.7 Å². The van der Waals surface area contributed by atoms with Gasteiger partial charge in [0.05, 0.1) is 5.75 Å². The number of aliphatic hydroxyl groups excluding tert-OH is 1. The summed E-state index contributed by atoms with van der Waals surface area (Å²) in [6, 6.07) is -0.361. The molecular weight excluding hydrogens is 234 g/mol. The highest BCUT2D eigenvalue weighted by Gasteiger charge is 2.18. The zero-order valence-electron chi connectivity index (χ0n) is 9.51. The van der Waals surface area contributed by atoms with Crippen molar-refractivity contribution in [2.24, 2.45) is 5.92 Å². The quantitative estimate of drug-likeness (QED) is 0.555. The van der Waals surface area contributed by atoms with Crippen molar-refractivity contribution in [1.82, 2.24) is 4.72 Å². The van der Waals surface area contributed by atoms with Gasteiger partial charge in [0, 0.05) is 19.1 Å². The number of nitrogens with one attached hydrogen (secondary N) is 1. The van der Waals surface area contributed by atoms with E-state index >= 15 is 0 Å². The molecule has 0 bridgehead atoms. The maximum atomic E-state index is 11.5. The molecule has 0 saturated heterocycles. The Hall–Kier alpha value is -0.660. The van der Waals surface area contributed by atoms with Gasteiger partial charge >= 0.3 is 5.97 Å². The Bertz CT molecular complexity index is 314. The lowest BCUT2D eigenvalue weighted by Gasteiger charge is -2.18. The minimum absolute atomic E-state index is 0.0882. The fourth-order valence-electron chi connectivity index (χ4n) is 1.03. The molecule has 0 aliphatic rings. The van der Waals surface area contributed by atoms with Crippen molar-refractivity contribution < 1.29 is 23.4 Å². The number of sulfonamides is 1. The molecule has 96 valence electrons. The number of hydrogen-bond donors (Lipinski definition) is 3. The molecule has 0 aromatic rings. The van der Waals surface area contributed by atoms with Crippen LogP contribution in [0.15, 0.2) is 0 Å². The molecule has 2 unspecified atom stereocenters. The Kier molecular flexibility index (Phi) is 6.54. The molecule has 0 fully saturated rings. The summed E-state index contributed by atoms with van der Waals surface area (Å²) in [7, 11) is -3.46. The second-order valence-electron chi connectivity index (χ2n) is 3.88. The highest BCUT2D eigenvalue weighted by Crippen LogP contribution is 2.04. The van der Waals surface area contributed by atoms with Crippen LogP contribution in [0, 0.1) is 5.92 Å². The first-order valence-corrected chi connectivity index (χ1v) is 6.76. The Morgan fingerprint density at radius 2 is 1.94 bits per heavy atom. The van der Waals surface area contributed by atoms with E-state index in [1.54, 1.807) is 13.8 Å². The van der Waals surface area contributed by atoms with Crippen LogP contribution in [0.5, 0.6) is 0 Å².